The number of fused-ring (bicyclic) bond motifs is 3. The number of aromatic nitrogens is 2. The quantitative estimate of drug-likeness (QED) is 0.437. The van der Waals surface area contributed by atoms with Crippen molar-refractivity contribution >= 4 is 11.0 Å². The summed E-state index contributed by atoms with van der Waals surface area (Å²) in [4.78, 5) is 0. The molecule has 0 saturated heterocycles. The minimum absolute atomic E-state index is 0. The Bertz CT molecular complexity index is 521. The van der Waals surface area contributed by atoms with E-state index in [1.54, 1.807) is 0 Å². The maximum Gasteiger partial charge on any atom is 0.254 e. The van der Waals surface area contributed by atoms with Crippen molar-refractivity contribution in [1.82, 2.24) is 4.40 Å². The standard InChI is InChI=1S/C11H9N2.BrH/c1-3-7-12-9-13-8-4-2-6-11(13)10(12)5-1;/h1-9H;1H/q+1;/p-1. The minimum atomic E-state index is 0. The van der Waals surface area contributed by atoms with Gasteiger partial charge in [0.2, 0.25) is 0 Å². The molecule has 70 valence electrons. The van der Waals surface area contributed by atoms with Crippen molar-refractivity contribution in [3.63, 3.8) is 0 Å². The summed E-state index contributed by atoms with van der Waals surface area (Å²) in [5.41, 5.74) is 2.48. The highest BCUT2D eigenvalue weighted by molar-refractivity contribution is 5.70. The second kappa shape index (κ2) is 3.42. The topological polar surface area (TPSA) is 8.51 Å². The predicted octanol–water partition coefficient (Wildman–Crippen LogP) is -1.32. The molecule has 0 aliphatic carbocycles. The molecule has 0 saturated carbocycles. The van der Waals surface area contributed by atoms with E-state index in [9.17, 15) is 0 Å². The fourth-order valence-corrected chi connectivity index (χ4v) is 1.68. The van der Waals surface area contributed by atoms with E-state index in [2.05, 4.69) is 51.8 Å². The minimum Gasteiger partial charge on any atom is -1.00 e. The van der Waals surface area contributed by atoms with Gasteiger partial charge in [-0.1, -0.05) is 12.1 Å². The van der Waals surface area contributed by atoms with Gasteiger partial charge in [-0.2, -0.15) is 0 Å². The number of nitrogens with zero attached hydrogens (tertiary/aromatic N) is 2. The molecule has 14 heavy (non-hydrogen) atoms. The van der Waals surface area contributed by atoms with E-state index in [4.69, 9.17) is 0 Å². The van der Waals surface area contributed by atoms with Crippen molar-refractivity contribution in [2.45, 2.75) is 0 Å². The van der Waals surface area contributed by atoms with E-state index in [-0.39, 0.29) is 17.0 Å². The molecule has 0 N–H and O–H groups in total. The summed E-state index contributed by atoms with van der Waals surface area (Å²) in [5, 5.41) is 0. The van der Waals surface area contributed by atoms with E-state index < -0.39 is 0 Å². The summed E-state index contributed by atoms with van der Waals surface area (Å²) < 4.78 is 4.24. The monoisotopic (exact) mass is 248 g/mol. The fraction of sp³-hybridized carbons (Fsp3) is 0. The summed E-state index contributed by atoms with van der Waals surface area (Å²) >= 11 is 0. The van der Waals surface area contributed by atoms with Crippen LogP contribution in [0.3, 0.4) is 0 Å². The first kappa shape index (κ1) is 9.21. The van der Waals surface area contributed by atoms with Crippen LogP contribution in [0.1, 0.15) is 0 Å². The molecule has 0 aliphatic rings. The first-order valence-corrected chi connectivity index (χ1v) is 4.31. The Morgan fingerprint density at radius 3 is 2.79 bits per heavy atom. The highest BCUT2D eigenvalue weighted by Crippen LogP contribution is 2.07. The van der Waals surface area contributed by atoms with Gasteiger partial charge in [0.1, 0.15) is 0 Å². The van der Waals surface area contributed by atoms with Crippen molar-refractivity contribution in [1.29, 1.82) is 0 Å². The van der Waals surface area contributed by atoms with E-state index in [1.165, 1.54) is 11.0 Å². The lowest BCUT2D eigenvalue weighted by atomic mass is 10.3. The van der Waals surface area contributed by atoms with Crippen molar-refractivity contribution < 1.29 is 21.4 Å². The second-order valence-electron chi connectivity index (χ2n) is 3.10. The number of hydrogen-bond acceptors (Lipinski definition) is 0. The average Bonchev–Trinajstić information content (AvgIpc) is 2.56. The molecule has 0 aliphatic heterocycles. The number of hydrogen-bond donors (Lipinski definition) is 0. The molecule has 0 bridgehead atoms. The normalized spacial score (nSPS) is 10.3. The van der Waals surface area contributed by atoms with Crippen LogP contribution in [0, 0.1) is 0 Å². The van der Waals surface area contributed by atoms with Crippen LogP contribution in [0.4, 0.5) is 0 Å². The van der Waals surface area contributed by atoms with Gasteiger partial charge in [-0.05, 0) is 24.3 Å². The molecule has 0 radical (unpaired) electrons. The Labute approximate surface area is 92.2 Å². The zero-order valence-corrected chi connectivity index (χ0v) is 9.05. The van der Waals surface area contributed by atoms with Crippen molar-refractivity contribution in [2.75, 3.05) is 0 Å². The molecule has 3 rings (SSSR count). The average molecular weight is 249 g/mol. The molecule has 0 amide bonds. The molecule has 3 heteroatoms. The molecule has 0 atom stereocenters. The van der Waals surface area contributed by atoms with Crippen LogP contribution in [-0.4, -0.2) is 4.40 Å². The second-order valence-corrected chi connectivity index (χ2v) is 3.10. The van der Waals surface area contributed by atoms with Gasteiger partial charge in [0.05, 0.1) is 12.4 Å². The largest absolute Gasteiger partial charge is 1.00 e. The fourth-order valence-electron chi connectivity index (χ4n) is 1.68. The Balaban J connectivity index is 0.000000750. The molecular formula is C11H9BrN2. The summed E-state index contributed by atoms with van der Waals surface area (Å²) in [6.45, 7) is 0. The summed E-state index contributed by atoms with van der Waals surface area (Å²) in [6, 6.07) is 12.4. The maximum atomic E-state index is 2.12. The van der Waals surface area contributed by atoms with Crippen LogP contribution >= 0.6 is 0 Å². The van der Waals surface area contributed by atoms with Crippen LogP contribution in [0.2, 0.25) is 0 Å². The van der Waals surface area contributed by atoms with Crippen molar-refractivity contribution in [2.24, 2.45) is 0 Å². The van der Waals surface area contributed by atoms with Gasteiger partial charge in [-0.3, -0.25) is 0 Å². The number of rotatable bonds is 0. The molecule has 3 aromatic rings. The predicted molar refractivity (Wildman–Crippen MR) is 50.6 cm³/mol. The molecular weight excluding hydrogens is 240 g/mol. The Morgan fingerprint density at radius 2 is 1.86 bits per heavy atom. The first-order chi connectivity index (χ1) is 6.45. The van der Waals surface area contributed by atoms with Gasteiger partial charge in [0.25, 0.3) is 6.33 Å². The van der Waals surface area contributed by atoms with Gasteiger partial charge in [-0.25, -0.2) is 8.80 Å². The number of imidazole rings is 1. The van der Waals surface area contributed by atoms with E-state index in [0.29, 0.717) is 0 Å². The first-order valence-electron chi connectivity index (χ1n) is 4.31. The third kappa shape index (κ3) is 1.21. The van der Waals surface area contributed by atoms with Gasteiger partial charge in [0, 0.05) is 0 Å². The van der Waals surface area contributed by atoms with E-state index >= 15 is 0 Å². The van der Waals surface area contributed by atoms with Crippen molar-refractivity contribution in [3.8, 4) is 0 Å². The lowest BCUT2D eigenvalue weighted by molar-refractivity contribution is -0.511. The Kier molecular flexibility index (Phi) is 2.25. The van der Waals surface area contributed by atoms with Gasteiger partial charge in [0.15, 0.2) is 11.0 Å². The molecule has 3 aromatic heterocycles. The van der Waals surface area contributed by atoms with Crippen LogP contribution in [-0.2, 0) is 0 Å². The molecule has 0 aromatic carbocycles. The molecule has 3 heterocycles. The third-order valence-electron chi connectivity index (χ3n) is 2.29. The lowest BCUT2D eigenvalue weighted by Crippen LogP contribution is -3.00. The van der Waals surface area contributed by atoms with Gasteiger partial charge >= 0.3 is 0 Å². The molecule has 2 nitrogen and oxygen atoms in total. The SMILES string of the molecule is [Br-].c1ccn2c[n+]3ccccc3c2c1. The molecule has 0 unspecified atom stereocenters. The van der Waals surface area contributed by atoms with Crippen LogP contribution in [0.5, 0.6) is 0 Å². The zero-order valence-electron chi connectivity index (χ0n) is 7.47. The number of halogens is 1. The summed E-state index contributed by atoms with van der Waals surface area (Å²) in [7, 11) is 0. The third-order valence-corrected chi connectivity index (χ3v) is 2.29. The summed E-state index contributed by atoms with van der Waals surface area (Å²) in [5.74, 6) is 0. The Morgan fingerprint density at radius 1 is 1.00 bits per heavy atom. The van der Waals surface area contributed by atoms with Crippen LogP contribution in [0.25, 0.3) is 11.0 Å². The van der Waals surface area contributed by atoms with Gasteiger partial charge in [-0.15, -0.1) is 0 Å². The van der Waals surface area contributed by atoms with Crippen LogP contribution < -0.4 is 21.4 Å². The van der Waals surface area contributed by atoms with E-state index in [1.807, 2.05) is 12.1 Å². The van der Waals surface area contributed by atoms with E-state index in [0.717, 1.165) is 0 Å². The van der Waals surface area contributed by atoms with Crippen LogP contribution in [0.15, 0.2) is 55.1 Å². The lowest BCUT2D eigenvalue weighted by Gasteiger charge is -1.83. The van der Waals surface area contributed by atoms with Gasteiger partial charge < -0.3 is 17.0 Å². The summed E-state index contributed by atoms with van der Waals surface area (Å²) in [6.07, 6.45) is 6.19. The molecule has 0 fully saturated rings. The Hall–Kier alpha value is -1.35. The zero-order chi connectivity index (χ0) is 8.67. The smallest absolute Gasteiger partial charge is 0.254 e. The highest BCUT2D eigenvalue weighted by atomic mass is 79.9. The number of pyridine rings is 2. The molecule has 0 spiro atoms. The highest BCUT2D eigenvalue weighted by Gasteiger charge is 2.06. The van der Waals surface area contributed by atoms with Crippen molar-refractivity contribution in [3.05, 3.63) is 55.1 Å². The maximum absolute atomic E-state index is 2.12.